The van der Waals surface area contributed by atoms with E-state index in [0.29, 0.717) is 18.0 Å². The molecule has 0 spiro atoms. The van der Waals surface area contributed by atoms with Crippen molar-refractivity contribution in [2.75, 3.05) is 5.32 Å². The molecule has 0 radical (unpaired) electrons. The smallest absolute Gasteiger partial charge is 0.407 e. The third-order valence-electron chi connectivity index (χ3n) is 4.64. The molecule has 4 aromatic rings. The molecule has 0 unspecified atom stereocenters. The molecule has 8 heteroatoms. The largest absolute Gasteiger partial charge is 0.444 e. The fourth-order valence-electron chi connectivity index (χ4n) is 3.34. The van der Waals surface area contributed by atoms with Crippen molar-refractivity contribution < 1.29 is 9.53 Å². The van der Waals surface area contributed by atoms with Gasteiger partial charge in [0.2, 0.25) is 5.65 Å². The highest BCUT2D eigenvalue weighted by atomic mass is 16.6. The van der Waals surface area contributed by atoms with E-state index in [1.54, 1.807) is 0 Å². The lowest BCUT2D eigenvalue weighted by Crippen LogP contribution is -2.32. The van der Waals surface area contributed by atoms with E-state index in [4.69, 9.17) is 9.72 Å². The van der Waals surface area contributed by atoms with E-state index < -0.39 is 11.7 Å². The van der Waals surface area contributed by atoms with Crippen molar-refractivity contribution in [3.8, 4) is 0 Å². The molecule has 1 amide bonds. The Morgan fingerprint density at radius 2 is 1.90 bits per heavy atom. The number of aromatic nitrogens is 4. The molecule has 2 aromatic carbocycles. The van der Waals surface area contributed by atoms with Crippen LogP contribution in [0.15, 0.2) is 48.5 Å². The third-order valence-corrected chi connectivity index (χ3v) is 4.64. The fraction of sp³-hybridized carbons (Fsp3) is 0.304. The van der Waals surface area contributed by atoms with Crippen molar-refractivity contribution in [2.24, 2.45) is 0 Å². The van der Waals surface area contributed by atoms with Crippen molar-refractivity contribution in [1.82, 2.24) is 24.9 Å². The van der Waals surface area contributed by atoms with Gasteiger partial charge in [-0.1, -0.05) is 31.2 Å². The number of amides is 1. The number of rotatable bonds is 5. The van der Waals surface area contributed by atoms with Gasteiger partial charge in [0.15, 0.2) is 5.82 Å². The Morgan fingerprint density at radius 3 is 2.68 bits per heavy atom. The topological polar surface area (TPSA) is 93.4 Å². The molecule has 2 N–H and O–H groups in total. The van der Waals surface area contributed by atoms with Crippen molar-refractivity contribution >= 4 is 34.3 Å². The molecule has 0 fully saturated rings. The molecule has 0 aliphatic heterocycles. The number of carbonyl (C=O) groups excluding carboxylic acids is 1. The molecule has 0 atom stereocenters. The van der Waals surface area contributed by atoms with E-state index in [0.717, 1.165) is 34.5 Å². The van der Waals surface area contributed by atoms with Gasteiger partial charge in [0.25, 0.3) is 0 Å². The molecule has 0 bridgehead atoms. The zero-order valence-corrected chi connectivity index (χ0v) is 18.1. The lowest BCUT2D eigenvalue weighted by Gasteiger charge is -2.19. The van der Waals surface area contributed by atoms with Gasteiger partial charge in [0.05, 0.1) is 11.0 Å². The summed E-state index contributed by atoms with van der Waals surface area (Å²) < 4.78 is 7.33. The van der Waals surface area contributed by atoms with E-state index in [1.807, 2.05) is 73.7 Å². The molecule has 0 aliphatic rings. The van der Waals surface area contributed by atoms with Crippen LogP contribution in [-0.4, -0.2) is 31.3 Å². The van der Waals surface area contributed by atoms with E-state index in [9.17, 15) is 4.79 Å². The minimum absolute atomic E-state index is 0.357. The Labute approximate surface area is 180 Å². The predicted molar refractivity (Wildman–Crippen MR) is 120 cm³/mol. The van der Waals surface area contributed by atoms with Gasteiger partial charge in [-0.2, -0.15) is 0 Å². The van der Waals surface area contributed by atoms with Gasteiger partial charge in [-0.05, 0) is 50.6 Å². The first-order valence-corrected chi connectivity index (χ1v) is 10.3. The number of para-hydroxylation sites is 2. The van der Waals surface area contributed by atoms with Crippen LogP contribution >= 0.6 is 0 Å². The maximum Gasteiger partial charge on any atom is 0.407 e. The number of hydrogen-bond acceptors (Lipinski definition) is 6. The van der Waals surface area contributed by atoms with Crippen LogP contribution in [0.3, 0.4) is 0 Å². The Morgan fingerprint density at radius 1 is 1.10 bits per heavy atom. The van der Waals surface area contributed by atoms with Gasteiger partial charge in [-0.15, -0.1) is 10.2 Å². The zero-order valence-electron chi connectivity index (χ0n) is 18.1. The van der Waals surface area contributed by atoms with Crippen LogP contribution < -0.4 is 10.6 Å². The van der Waals surface area contributed by atoms with Gasteiger partial charge in [-0.25, -0.2) is 9.78 Å². The average molecular weight is 419 g/mol. The van der Waals surface area contributed by atoms with Crippen molar-refractivity contribution in [1.29, 1.82) is 0 Å². The number of ether oxygens (including phenoxy) is 1. The number of anilines is 2. The summed E-state index contributed by atoms with van der Waals surface area (Å²) in [6.07, 6.45) is 0.319. The van der Waals surface area contributed by atoms with Crippen LogP contribution in [-0.2, 0) is 17.7 Å². The number of nitrogens with zero attached hydrogens (tertiary/aromatic N) is 4. The molecule has 0 saturated carbocycles. The Kier molecular flexibility index (Phi) is 5.46. The first-order valence-electron chi connectivity index (χ1n) is 10.3. The lowest BCUT2D eigenvalue weighted by atomic mass is 10.2. The number of nitrogens with one attached hydrogen (secondary N) is 2. The summed E-state index contributed by atoms with van der Waals surface area (Å²) in [7, 11) is 0. The number of fused-ring (bicyclic) bond motifs is 3. The Hall–Kier alpha value is -3.68. The van der Waals surface area contributed by atoms with E-state index in [1.165, 1.54) is 0 Å². The molecular formula is C23H26N6O2. The van der Waals surface area contributed by atoms with Crippen LogP contribution in [0, 0.1) is 0 Å². The minimum Gasteiger partial charge on any atom is -0.444 e. The molecule has 2 heterocycles. The second-order valence-electron chi connectivity index (χ2n) is 8.26. The molecule has 0 saturated heterocycles. The standard InChI is InChI=1S/C23H26N6O2/c1-5-19-27-28-21-20(26-17-11-6-7-12-18(17)29(19)21)25-16-10-8-9-15(13-16)14-24-22(30)31-23(2,3)4/h6-13H,5,14H2,1-4H3,(H,24,30)(H,25,26). The predicted octanol–water partition coefficient (Wildman–Crippen LogP) is 4.61. The average Bonchev–Trinajstić information content (AvgIpc) is 3.16. The Bertz CT molecular complexity index is 1240. The first-order chi connectivity index (χ1) is 14.8. The summed E-state index contributed by atoms with van der Waals surface area (Å²) in [6, 6.07) is 15.7. The van der Waals surface area contributed by atoms with Crippen LogP contribution in [0.25, 0.3) is 16.7 Å². The molecule has 0 aliphatic carbocycles. The monoisotopic (exact) mass is 418 g/mol. The number of aryl methyl sites for hydroxylation is 1. The molecule has 31 heavy (non-hydrogen) atoms. The summed E-state index contributed by atoms with van der Waals surface area (Å²) in [5.41, 5.74) is 3.75. The molecular weight excluding hydrogens is 392 g/mol. The molecule has 8 nitrogen and oxygen atoms in total. The fourth-order valence-corrected chi connectivity index (χ4v) is 3.34. The summed E-state index contributed by atoms with van der Waals surface area (Å²) in [5, 5.41) is 14.8. The molecule has 4 rings (SSSR count). The number of benzene rings is 2. The zero-order chi connectivity index (χ0) is 22.0. The molecule has 160 valence electrons. The second-order valence-corrected chi connectivity index (χ2v) is 8.26. The number of alkyl carbamates (subject to hydrolysis) is 1. The SMILES string of the molecule is CCc1nnc2c(Nc3cccc(CNC(=O)OC(C)(C)C)c3)nc3ccccc3n12. The summed E-state index contributed by atoms with van der Waals surface area (Å²) in [6.45, 7) is 7.92. The van der Waals surface area contributed by atoms with Gasteiger partial charge in [0, 0.05) is 18.7 Å². The minimum atomic E-state index is -0.532. The second kappa shape index (κ2) is 8.22. The van der Waals surface area contributed by atoms with Gasteiger partial charge in [0.1, 0.15) is 11.4 Å². The summed E-state index contributed by atoms with van der Waals surface area (Å²) in [4.78, 5) is 16.7. The van der Waals surface area contributed by atoms with E-state index in [-0.39, 0.29) is 0 Å². The van der Waals surface area contributed by atoms with Crippen LogP contribution in [0.2, 0.25) is 0 Å². The lowest BCUT2D eigenvalue weighted by molar-refractivity contribution is 0.0523. The van der Waals surface area contributed by atoms with Crippen molar-refractivity contribution in [2.45, 2.75) is 46.3 Å². The number of carbonyl (C=O) groups is 1. The normalized spacial score (nSPS) is 11.6. The maximum atomic E-state index is 11.9. The molecule has 2 aromatic heterocycles. The van der Waals surface area contributed by atoms with Crippen molar-refractivity contribution in [3.63, 3.8) is 0 Å². The van der Waals surface area contributed by atoms with Gasteiger partial charge < -0.3 is 15.4 Å². The van der Waals surface area contributed by atoms with Crippen LogP contribution in [0.4, 0.5) is 16.3 Å². The summed E-state index contributed by atoms with van der Waals surface area (Å²) in [5.74, 6) is 1.51. The van der Waals surface area contributed by atoms with E-state index in [2.05, 4.69) is 27.8 Å². The van der Waals surface area contributed by atoms with Crippen molar-refractivity contribution in [3.05, 3.63) is 59.9 Å². The number of hydrogen-bond donors (Lipinski definition) is 2. The highest BCUT2D eigenvalue weighted by molar-refractivity contribution is 5.84. The summed E-state index contributed by atoms with van der Waals surface area (Å²) >= 11 is 0. The van der Waals surface area contributed by atoms with Gasteiger partial charge >= 0.3 is 6.09 Å². The van der Waals surface area contributed by atoms with Gasteiger partial charge in [-0.3, -0.25) is 4.40 Å². The quantitative estimate of drug-likeness (QED) is 0.492. The van der Waals surface area contributed by atoms with Crippen LogP contribution in [0.1, 0.15) is 39.1 Å². The highest BCUT2D eigenvalue weighted by Gasteiger charge is 2.16. The first kappa shape index (κ1) is 20.6. The third kappa shape index (κ3) is 4.58. The maximum absolute atomic E-state index is 11.9. The highest BCUT2D eigenvalue weighted by Crippen LogP contribution is 2.25. The van der Waals surface area contributed by atoms with Crippen LogP contribution in [0.5, 0.6) is 0 Å². The van der Waals surface area contributed by atoms with E-state index >= 15 is 0 Å². The Balaban J connectivity index is 1.60.